The number of nitrogens with one attached hydrogen (secondary N) is 1. The average Bonchev–Trinajstić information content (AvgIpc) is 2.24. The van der Waals surface area contributed by atoms with Crippen LogP contribution in [0.2, 0.25) is 0 Å². The van der Waals surface area contributed by atoms with Crippen molar-refractivity contribution in [3.8, 4) is 0 Å². The lowest BCUT2D eigenvalue weighted by atomic mass is 9.94. The molecule has 0 spiro atoms. The molecule has 0 aliphatic carbocycles. The highest BCUT2D eigenvalue weighted by Gasteiger charge is 2.11. The van der Waals surface area contributed by atoms with E-state index in [0.717, 1.165) is 24.9 Å². The van der Waals surface area contributed by atoms with Crippen LogP contribution in [0.1, 0.15) is 45.1 Å². The van der Waals surface area contributed by atoms with Crippen LogP contribution in [-0.4, -0.2) is 12.6 Å². The zero-order valence-corrected chi connectivity index (χ0v) is 10.5. The Morgan fingerprint density at radius 2 is 2.06 bits per heavy atom. The van der Waals surface area contributed by atoms with E-state index in [0.29, 0.717) is 12.0 Å². The van der Waals surface area contributed by atoms with Crippen molar-refractivity contribution in [1.82, 2.24) is 5.32 Å². The summed E-state index contributed by atoms with van der Waals surface area (Å²) in [4.78, 5) is 0. The maximum atomic E-state index is 13.1. The van der Waals surface area contributed by atoms with Gasteiger partial charge in [-0.3, -0.25) is 0 Å². The summed E-state index contributed by atoms with van der Waals surface area (Å²) in [5, 5.41) is 3.43. The maximum Gasteiger partial charge on any atom is 0.123 e. The first-order valence-corrected chi connectivity index (χ1v) is 6.12. The van der Waals surface area contributed by atoms with E-state index < -0.39 is 0 Å². The average molecular weight is 223 g/mol. The van der Waals surface area contributed by atoms with Crippen molar-refractivity contribution in [1.29, 1.82) is 0 Å². The third-order valence-electron chi connectivity index (χ3n) is 2.73. The van der Waals surface area contributed by atoms with Gasteiger partial charge in [0.15, 0.2) is 0 Å². The minimum Gasteiger partial charge on any atom is -0.314 e. The number of benzene rings is 1. The Balaban J connectivity index is 2.68. The van der Waals surface area contributed by atoms with Crippen LogP contribution in [0.5, 0.6) is 0 Å². The second kappa shape index (κ2) is 6.64. The Kier molecular flexibility index (Phi) is 5.47. The largest absolute Gasteiger partial charge is 0.314 e. The molecule has 1 unspecified atom stereocenters. The summed E-state index contributed by atoms with van der Waals surface area (Å²) >= 11 is 0. The fourth-order valence-electron chi connectivity index (χ4n) is 1.87. The fourth-order valence-corrected chi connectivity index (χ4v) is 1.87. The van der Waals surface area contributed by atoms with Crippen molar-refractivity contribution in [2.45, 2.75) is 45.6 Å². The SMILES string of the molecule is CCCC(CNC(C)C)c1cccc(F)c1. The van der Waals surface area contributed by atoms with Crippen molar-refractivity contribution in [3.63, 3.8) is 0 Å². The lowest BCUT2D eigenvalue weighted by Gasteiger charge is -2.19. The molecule has 0 aromatic heterocycles. The molecular weight excluding hydrogens is 201 g/mol. The molecule has 1 nitrogen and oxygen atoms in total. The van der Waals surface area contributed by atoms with Crippen LogP contribution >= 0.6 is 0 Å². The van der Waals surface area contributed by atoms with Gasteiger partial charge in [-0.1, -0.05) is 39.3 Å². The minimum absolute atomic E-state index is 0.136. The van der Waals surface area contributed by atoms with Crippen LogP contribution < -0.4 is 5.32 Å². The van der Waals surface area contributed by atoms with Gasteiger partial charge < -0.3 is 5.32 Å². The number of hydrogen-bond donors (Lipinski definition) is 1. The monoisotopic (exact) mass is 223 g/mol. The van der Waals surface area contributed by atoms with E-state index in [2.05, 4.69) is 26.1 Å². The van der Waals surface area contributed by atoms with Gasteiger partial charge in [0.2, 0.25) is 0 Å². The molecule has 1 N–H and O–H groups in total. The highest BCUT2D eigenvalue weighted by molar-refractivity contribution is 5.21. The molecule has 1 rings (SSSR count). The lowest BCUT2D eigenvalue weighted by molar-refractivity contribution is 0.502. The molecule has 0 heterocycles. The third kappa shape index (κ3) is 4.31. The Morgan fingerprint density at radius 3 is 2.62 bits per heavy atom. The van der Waals surface area contributed by atoms with Gasteiger partial charge in [0.25, 0.3) is 0 Å². The highest BCUT2D eigenvalue weighted by Crippen LogP contribution is 2.21. The molecule has 1 aromatic rings. The normalized spacial score (nSPS) is 13.1. The third-order valence-corrected chi connectivity index (χ3v) is 2.73. The fraction of sp³-hybridized carbons (Fsp3) is 0.571. The summed E-state index contributed by atoms with van der Waals surface area (Å²) < 4.78 is 13.1. The summed E-state index contributed by atoms with van der Waals surface area (Å²) in [6, 6.07) is 7.45. The van der Waals surface area contributed by atoms with Gasteiger partial charge in [-0.2, -0.15) is 0 Å². The zero-order chi connectivity index (χ0) is 12.0. The molecule has 0 amide bonds. The smallest absolute Gasteiger partial charge is 0.123 e. The van der Waals surface area contributed by atoms with Crippen LogP contribution in [0.4, 0.5) is 4.39 Å². The van der Waals surface area contributed by atoms with Gasteiger partial charge in [-0.15, -0.1) is 0 Å². The van der Waals surface area contributed by atoms with Gasteiger partial charge in [0.1, 0.15) is 5.82 Å². The maximum absolute atomic E-state index is 13.1. The van der Waals surface area contributed by atoms with Gasteiger partial charge >= 0.3 is 0 Å². The predicted octanol–water partition coefficient (Wildman–Crippen LogP) is 3.71. The molecule has 0 bridgehead atoms. The molecule has 0 aliphatic rings. The highest BCUT2D eigenvalue weighted by atomic mass is 19.1. The molecule has 0 aliphatic heterocycles. The topological polar surface area (TPSA) is 12.0 Å². The first-order valence-electron chi connectivity index (χ1n) is 6.12. The molecule has 16 heavy (non-hydrogen) atoms. The van der Waals surface area contributed by atoms with Gasteiger partial charge in [0, 0.05) is 12.6 Å². The molecule has 0 radical (unpaired) electrons. The molecule has 1 aromatic carbocycles. The van der Waals surface area contributed by atoms with Crippen molar-refractivity contribution < 1.29 is 4.39 Å². The van der Waals surface area contributed by atoms with Crippen LogP contribution in [0, 0.1) is 5.82 Å². The number of rotatable bonds is 6. The summed E-state index contributed by atoms with van der Waals surface area (Å²) in [5.41, 5.74) is 1.11. The molecule has 2 heteroatoms. The summed E-state index contributed by atoms with van der Waals surface area (Å²) in [5.74, 6) is 0.284. The van der Waals surface area contributed by atoms with E-state index in [-0.39, 0.29) is 5.82 Å². The Labute approximate surface area is 98.1 Å². The minimum atomic E-state index is -0.136. The standard InChI is InChI=1S/C14H22FN/c1-4-6-13(10-16-11(2)3)12-7-5-8-14(15)9-12/h5,7-9,11,13,16H,4,6,10H2,1-3H3. The van der Waals surface area contributed by atoms with Gasteiger partial charge in [-0.05, 0) is 30.0 Å². The van der Waals surface area contributed by atoms with Crippen molar-refractivity contribution >= 4 is 0 Å². The molecule has 90 valence electrons. The number of hydrogen-bond acceptors (Lipinski definition) is 1. The van der Waals surface area contributed by atoms with E-state index in [1.165, 1.54) is 6.07 Å². The molecule has 1 atom stereocenters. The second-order valence-corrected chi connectivity index (χ2v) is 4.60. The van der Waals surface area contributed by atoms with Gasteiger partial charge in [0.05, 0.1) is 0 Å². The summed E-state index contributed by atoms with van der Waals surface area (Å²) in [6.45, 7) is 7.36. The molecular formula is C14H22FN. The number of halogens is 1. The van der Waals surface area contributed by atoms with Crippen molar-refractivity contribution in [2.75, 3.05) is 6.54 Å². The van der Waals surface area contributed by atoms with Gasteiger partial charge in [-0.25, -0.2) is 4.39 Å². The van der Waals surface area contributed by atoms with E-state index in [1.54, 1.807) is 12.1 Å². The Hall–Kier alpha value is -0.890. The second-order valence-electron chi connectivity index (χ2n) is 4.60. The van der Waals surface area contributed by atoms with E-state index in [1.807, 2.05) is 6.07 Å². The van der Waals surface area contributed by atoms with Crippen molar-refractivity contribution in [2.24, 2.45) is 0 Å². The van der Waals surface area contributed by atoms with Crippen LogP contribution in [-0.2, 0) is 0 Å². The molecule has 0 fully saturated rings. The van der Waals surface area contributed by atoms with Crippen LogP contribution in [0.15, 0.2) is 24.3 Å². The molecule has 0 saturated heterocycles. The Morgan fingerprint density at radius 1 is 1.31 bits per heavy atom. The van der Waals surface area contributed by atoms with Crippen molar-refractivity contribution in [3.05, 3.63) is 35.6 Å². The zero-order valence-electron chi connectivity index (χ0n) is 10.5. The predicted molar refractivity (Wildman–Crippen MR) is 67.2 cm³/mol. The molecule has 0 saturated carbocycles. The summed E-state index contributed by atoms with van der Waals surface area (Å²) in [7, 11) is 0. The van der Waals surface area contributed by atoms with Crippen LogP contribution in [0.25, 0.3) is 0 Å². The lowest BCUT2D eigenvalue weighted by Crippen LogP contribution is -2.28. The summed E-state index contributed by atoms with van der Waals surface area (Å²) in [6.07, 6.45) is 2.23. The Bertz CT molecular complexity index is 309. The first-order chi connectivity index (χ1) is 7.63. The quantitative estimate of drug-likeness (QED) is 0.775. The van der Waals surface area contributed by atoms with Crippen LogP contribution in [0.3, 0.4) is 0 Å². The first kappa shape index (κ1) is 13.2. The van der Waals surface area contributed by atoms with E-state index >= 15 is 0 Å². The van der Waals surface area contributed by atoms with E-state index in [4.69, 9.17) is 0 Å². The van der Waals surface area contributed by atoms with E-state index in [9.17, 15) is 4.39 Å².